The highest BCUT2D eigenvalue weighted by atomic mass is 79.9. The number of methoxy groups -OCH3 is 1. The van der Waals surface area contributed by atoms with Crippen LogP contribution in [0.1, 0.15) is 32.4 Å². The van der Waals surface area contributed by atoms with Crippen molar-refractivity contribution in [2.75, 3.05) is 13.7 Å². The van der Waals surface area contributed by atoms with Gasteiger partial charge in [0.15, 0.2) is 0 Å². The van der Waals surface area contributed by atoms with Gasteiger partial charge in [-0.25, -0.2) is 4.79 Å². The molecular weight excluding hydrogens is 324 g/mol. The smallest absolute Gasteiger partial charge is 0.407 e. The second-order valence-corrected chi connectivity index (χ2v) is 6.24. The lowest BCUT2D eigenvalue weighted by Crippen LogP contribution is -2.36. The van der Waals surface area contributed by atoms with Gasteiger partial charge in [-0.2, -0.15) is 0 Å². The maximum absolute atomic E-state index is 11.5. The molecule has 3 N–H and O–H groups in total. The molecule has 1 rings (SSSR count). The Labute approximate surface area is 127 Å². The number of hydrogen-bond acceptors (Lipinski definition) is 4. The number of carbonyl (C=O) groups is 1. The molecule has 1 aromatic rings. The Hall–Kier alpha value is -1.27. The zero-order valence-corrected chi connectivity index (χ0v) is 13.8. The van der Waals surface area contributed by atoms with Crippen LogP contribution in [-0.2, 0) is 4.74 Å². The van der Waals surface area contributed by atoms with Crippen LogP contribution in [0.2, 0.25) is 0 Å². The number of amides is 1. The summed E-state index contributed by atoms with van der Waals surface area (Å²) in [6.07, 6.45) is -0.472. The Bertz CT molecular complexity index is 472. The lowest BCUT2D eigenvalue weighted by Gasteiger charge is -2.21. The van der Waals surface area contributed by atoms with E-state index in [1.807, 2.05) is 39.0 Å². The molecule has 112 valence electrons. The molecule has 0 aromatic heterocycles. The fraction of sp³-hybridized carbons (Fsp3) is 0.500. The Morgan fingerprint density at radius 1 is 1.45 bits per heavy atom. The highest BCUT2D eigenvalue weighted by Crippen LogP contribution is 2.27. The van der Waals surface area contributed by atoms with E-state index in [4.69, 9.17) is 15.2 Å². The van der Waals surface area contributed by atoms with Crippen LogP contribution in [0, 0.1) is 0 Å². The molecule has 0 heterocycles. The first-order valence-corrected chi connectivity index (χ1v) is 7.08. The molecule has 0 aliphatic carbocycles. The maximum atomic E-state index is 11.5. The van der Waals surface area contributed by atoms with Crippen LogP contribution < -0.4 is 15.8 Å². The number of carbonyl (C=O) groups excluding carboxylic acids is 1. The molecule has 0 fully saturated rings. The van der Waals surface area contributed by atoms with Gasteiger partial charge in [-0.1, -0.05) is 6.07 Å². The van der Waals surface area contributed by atoms with Crippen LogP contribution in [0.15, 0.2) is 22.7 Å². The van der Waals surface area contributed by atoms with Gasteiger partial charge in [-0.05, 0) is 54.4 Å². The van der Waals surface area contributed by atoms with E-state index in [-0.39, 0.29) is 6.04 Å². The third-order valence-corrected chi connectivity index (χ3v) is 3.09. The summed E-state index contributed by atoms with van der Waals surface area (Å²) in [7, 11) is 1.60. The van der Waals surface area contributed by atoms with Crippen molar-refractivity contribution < 1.29 is 14.3 Å². The highest BCUT2D eigenvalue weighted by molar-refractivity contribution is 9.10. The Morgan fingerprint density at radius 3 is 2.60 bits per heavy atom. The van der Waals surface area contributed by atoms with Gasteiger partial charge in [0.25, 0.3) is 0 Å². The molecule has 1 aromatic carbocycles. The van der Waals surface area contributed by atoms with E-state index in [2.05, 4.69) is 21.2 Å². The van der Waals surface area contributed by atoms with Gasteiger partial charge in [-0.3, -0.25) is 0 Å². The standard InChI is InChI=1S/C14H21BrN2O3/c1-14(2,3)20-13(18)17-8-11(16)9-5-6-12(19-4)10(15)7-9/h5-7,11H,8,16H2,1-4H3,(H,17,18). The molecule has 6 heteroatoms. The summed E-state index contributed by atoms with van der Waals surface area (Å²) in [5.74, 6) is 0.737. The van der Waals surface area contributed by atoms with Gasteiger partial charge < -0.3 is 20.5 Å². The minimum absolute atomic E-state index is 0.299. The van der Waals surface area contributed by atoms with Gasteiger partial charge >= 0.3 is 6.09 Å². The fourth-order valence-electron chi connectivity index (χ4n) is 1.54. The Kier molecular flexibility index (Phi) is 5.83. The first kappa shape index (κ1) is 16.8. The average molecular weight is 345 g/mol. The summed E-state index contributed by atoms with van der Waals surface area (Å²) in [6, 6.07) is 5.25. The number of rotatable bonds is 4. The maximum Gasteiger partial charge on any atom is 0.407 e. The number of nitrogens with two attached hydrogens (primary N) is 1. The van der Waals surface area contributed by atoms with Gasteiger partial charge in [0.2, 0.25) is 0 Å². The van der Waals surface area contributed by atoms with Gasteiger partial charge in [0.05, 0.1) is 11.6 Å². The van der Waals surface area contributed by atoms with E-state index in [0.29, 0.717) is 6.54 Å². The highest BCUT2D eigenvalue weighted by Gasteiger charge is 2.17. The molecular formula is C14H21BrN2O3. The first-order valence-electron chi connectivity index (χ1n) is 6.29. The van der Waals surface area contributed by atoms with Crippen molar-refractivity contribution >= 4 is 22.0 Å². The summed E-state index contributed by atoms with van der Waals surface area (Å²) in [4.78, 5) is 11.5. The first-order chi connectivity index (χ1) is 9.23. The molecule has 0 aliphatic heterocycles. The van der Waals surface area contributed by atoms with E-state index < -0.39 is 11.7 Å². The van der Waals surface area contributed by atoms with E-state index in [9.17, 15) is 4.79 Å². The molecule has 1 atom stereocenters. The Balaban J connectivity index is 2.57. The number of ether oxygens (including phenoxy) is 2. The zero-order valence-electron chi connectivity index (χ0n) is 12.2. The second kappa shape index (κ2) is 6.95. The van der Waals surface area contributed by atoms with Crippen LogP contribution in [0.3, 0.4) is 0 Å². The third kappa shape index (κ3) is 5.38. The monoisotopic (exact) mass is 344 g/mol. The molecule has 1 unspecified atom stereocenters. The van der Waals surface area contributed by atoms with Crippen LogP contribution >= 0.6 is 15.9 Å². The van der Waals surface area contributed by atoms with Crippen molar-refractivity contribution in [2.24, 2.45) is 5.73 Å². The Morgan fingerprint density at radius 2 is 2.10 bits per heavy atom. The fourth-order valence-corrected chi connectivity index (χ4v) is 2.10. The van der Waals surface area contributed by atoms with Crippen LogP contribution in [0.5, 0.6) is 5.75 Å². The molecule has 0 saturated carbocycles. The van der Waals surface area contributed by atoms with Gasteiger partial charge in [0, 0.05) is 12.6 Å². The molecule has 0 bridgehead atoms. The van der Waals surface area contributed by atoms with Crippen LogP contribution in [0.4, 0.5) is 4.79 Å². The number of hydrogen-bond donors (Lipinski definition) is 2. The molecule has 0 radical (unpaired) electrons. The second-order valence-electron chi connectivity index (χ2n) is 5.38. The third-order valence-electron chi connectivity index (χ3n) is 2.47. The number of alkyl carbamates (subject to hydrolysis) is 1. The molecule has 0 aliphatic rings. The van der Waals surface area contributed by atoms with E-state index >= 15 is 0 Å². The lowest BCUT2D eigenvalue weighted by atomic mass is 10.1. The molecule has 0 spiro atoms. The topological polar surface area (TPSA) is 73.6 Å². The zero-order chi connectivity index (χ0) is 15.3. The summed E-state index contributed by atoms with van der Waals surface area (Å²) in [5.41, 5.74) is 6.42. The summed E-state index contributed by atoms with van der Waals surface area (Å²) in [5, 5.41) is 2.65. The van der Waals surface area contributed by atoms with E-state index in [1.165, 1.54) is 0 Å². The molecule has 1 amide bonds. The van der Waals surface area contributed by atoms with Crippen LogP contribution in [-0.4, -0.2) is 25.3 Å². The molecule has 20 heavy (non-hydrogen) atoms. The molecule has 0 saturated heterocycles. The van der Waals surface area contributed by atoms with Crippen LogP contribution in [0.25, 0.3) is 0 Å². The lowest BCUT2D eigenvalue weighted by molar-refractivity contribution is 0.0524. The van der Waals surface area contributed by atoms with Crippen molar-refractivity contribution in [1.29, 1.82) is 0 Å². The number of benzene rings is 1. The van der Waals surface area contributed by atoms with Gasteiger partial charge in [0.1, 0.15) is 11.4 Å². The summed E-state index contributed by atoms with van der Waals surface area (Å²) < 4.78 is 11.1. The van der Waals surface area contributed by atoms with Crippen molar-refractivity contribution in [3.8, 4) is 5.75 Å². The van der Waals surface area contributed by atoms with Crippen molar-refractivity contribution in [3.63, 3.8) is 0 Å². The number of nitrogens with one attached hydrogen (secondary N) is 1. The van der Waals surface area contributed by atoms with E-state index in [0.717, 1.165) is 15.8 Å². The minimum Gasteiger partial charge on any atom is -0.496 e. The quantitative estimate of drug-likeness (QED) is 0.880. The minimum atomic E-state index is -0.517. The SMILES string of the molecule is COc1ccc(C(N)CNC(=O)OC(C)(C)C)cc1Br. The summed E-state index contributed by atoms with van der Waals surface area (Å²) in [6.45, 7) is 5.74. The van der Waals surface area contributed by atoms with Crippen molar-refractivity contribution in [2.45, 2.75) is 32.4 Å². The molecule has 5 nitrogen and oxygen atoms in total. The van der Waals surface area contributed by atoms with Crippen molar-refractivity contribution in [3.05, 3.63) is 28.2 Å². The predicted molar refractivity (Wildman–Crippen MR) is 81.9 cm³/mol. The number of halogens is 1. The van der Waals surface area contributed by atoms with Crippen molar-refractivity contribution in [1.82, 2.24) is 5.32 Å². The van der Waals surface area contributed by atoms with Gasteiger partial charge in [-0.15, -0.1) is 0 Å². The predicted octanol–water partition coefficient (Wildman–Crippen LogP) is 2.98. The normalized spacial score (nSPS) is 12.7. The largest absolute Gasteiger partial charge is 0.496 e. The average Bonchev–Trinajstić information content (AvgIpc) is 2.33. The van der Waals surface area contributed by atoms with E-state index in [1.54, 1.807) is 7.11 Å². The summed E-state index contributed by atoms with van der Waals surface area (Å²) >= 11 is 3.40.